The quantitative estimate of drug-likeness (QED) is 0.790. The Kier molecular flexibility index (Phi) is 4.43. The van der Waals surface area contributed by atoms with E-state index in [9.17, 15) is 4.79 Å². The second-order valence-electron chi connectivity index (χ2n) is 6.06. The maximum absolute atomic E-state index is 12.2. The number of amides is 1. The fraction of sp³-hybridized carbons (Fsp3) is 0.929. The molecule has 3 heteroatoms. The van der Waals surface area contributed by atoms with E-state index in [0.717, 1.165) is 38.4 Å². The van der Waals surface area contributed by atoms with Crippen molar-refractivity contribution in [1.82, 2.24) is 10.6 Å². The molecule has 17 heavy (non-hydrogen) atoms. The van der Waals surface area contributed by atoms with Gasteiger partial charge >= 0.3 is 0 Å². The van der Waals surface area contributed by atoms with Crippen molar-refractivity contribution in [3.8, 4) is 0 Å². The standard InChI is InChI=1S/C14H26N2O/c1-14(8-5-9-15-11-14)13(17)16-10-12-6-3-2-4-7-12/h12,15H,2-11H2,1H3,(H,16,17). The summed E-state index contributed by atoms with van der Waals surface area (Å²) >= 11 is 0. The van der Waals surface area contributed by atoms with Crippen LogP contribution in [0.3, 0.4) is 0 Å². The second-order valence-corrected chi connectivity index (χ2v) is 6.06. The molecule has 2 aliphatic rings. The Bertz CT molecular complexity index is 253. The van der Waals surface area contributed by atoms with Crippen molar-refractivity contribution in [3.63, 3.8) is 0 Å². The first-order chi connectivity index (χ1) is 8.21. The van der Waals surface area contributed by atoms with E-state index in [2.05, 4.69) is 17.6 Å². The van der Waals surface area contributed by atoms with Crippen LogP contribution in [-0.2, 0) is 4.79 Å². The Hall–Kier alpha value is -0.570. The van der Waals surface area contributed by atoms with Crippen LogP contribution in [0.2, 0.25) is 0 Å². The van der Waals surface area contributed by atoms with Gasteiger partial charge < -0.3 is 10.6 Å². The molecule has 2 N–H and O–H groups in total. The van der Waals surface area contributed by atoms with Crippen LogP contribution in [0.1, 0.15) is 51.9 Å². The topological polar surface area (TPSA) is 41.1 Å². The first-order valence-electron chi connectivity index (χ1n) is 7.20. The Balaban J connectivity index is 1.75. The third kappa shape index (κ3) is 3.44. The summed E-state index contributed by atoms with van der Waals surface area (Å²) in [7, 11) is 0. The molecular formula is C14H26N2O. The SMILES string of the molecule is CC1(C(=O)NCC2CCCCC2)CCCNC1. The molecule has 0 aromatic carbocycles. The number of carbonyl (C=O) groups excluding carboxylic acids is 1. The van der Waals surface area contributed by atoms with Gasteiger partial charge in [0.25, 0.3) is 0 Å². The number of hydrogen-bond acceptors (Lipinski definition) is 2. The molecule has 2 fully saturated rings. The summed E-state index contributed by atoms with van der Waals surface area (Å²) < 4.78 is 0. The van der Waals surface area contributed by atoms with E-state index < -0.39 is 0 Å². The predicted molar refractivity (Wildman–Crippen MR) is 69.8 cm³/mol. The molecule has 98 valence electrons. The van der Waals surface area contributed by atoms with Crippen LogP contribution in [0.5, 0.6) is 0 Å². The average molecular weight is 238 g/mol. The van der Waals surface area contributed by atoms with Gasteiger partial charge in [-0.3, -0.25) is 4.79 Å². The monoisotopic (exact) mass is 238 g/mol. The molecule has 0 bridgehead atoms. The first-order valence-corrected chi connectivity index (χ1v) is 7.20. The highest BCUT2D eigenvalue weighted by molar-refractivity contribution is 5.82. The van der Waals surface area contributed by atoms with Crippen molar-refractivity contribution < 1.29 is 4.79 Å². The van der Waals surface area contributed by atoms with E-state index in [4.69, 9.17) is 0 Å². The molecule has 1 atom stereocenters. The fourth-order valence-corrected chi connectivity index (χ4v) is 3.09. The molecule has 1 unspecified atom stereocenters. The van der Waals surface area contributed by atoms with Gasteiger partial charge in [-0.15, -0.1) is 0 Å². The third-order valence-electron chi connectivity index (χ3n) is 4.42. The minimum absolute atomic E-state index is 0.174. The van der Waals surface area contributed by atoms with Gasteiger partial charge in [0.1, 0.15) is 0 Å². The third-order valence-corrected chi connectivity index (χ3v) is 4.42. The average Bonchev–Trinajstić information content (AvgIpc) is 2.38. The number of hydrogen-bond donors (Lipinski definition) is 2. The van der Waals surface area contributed by atoms with Crippen LogP contribution < -0.4 is 10.6 Å². The Morgan fingerprint density at radius 2 is 2.06 bits per heavy atom. The summed E-state index contributed by atoms with van der Waals surface area (Å²) in [4.78, 5) is 12.2. The number of piperidine rings is 1. The summed E-state index contributed by atoms with van der Waals surface area (Å²) in [6, 6.07) is 0. The molecule has 1 aliphatic carbocycles. The van der Waals surface area contributed by atoms with Crippen molar-refractivity contribution in [2.24, 2.45) is 11.3 Å². The Labute approximate surface area is 105 Å². The van der Waals surface area contributed by atoms with E-state index >= 15 is 0 Å². The second kappa shape index (κ2) is 5.85. The first kappa shape index (κ1) is 12.9. The van der Waals surface area contributed by atoms with Crippen LogP contribution >= 0.6 is 0 Å². The van der Waals surface area contributed by atoms with Gasteiger partial charge in [0, 0.05) is 13.1 Å². The maximum Gasteiger partial charge on any atom is 0.227 e. The van der Waals surface area contributed by atoms with Crippen LogP contribution in [0.25, 0.3) is 0 Å². The number of rotatable bonds is 3. The van der Waals surface area contributed by atoms with Gasteiger partial charge in [0.05, 0.1) is 5.41 Å². The zero-order valence-corrected chi connectivity index (χ0v) is 11.1. The number of carbonyl (C=O) groups is 1. The lowest BCUT2D eigenvalue weighted by molar-refractivity contribution is -0.131. The summed E-state index contributed by atoms with van der Waals surface area (Å²) in [5, 5.41) is 6.52. The van der Waals surface area contributed by atoms with E-state index in [1.54, 1.807) is 0 Å². The molecule has 3 nitrogen and oxygen atoms in total. The summed E-state index contributed by atoms with van der Waals surface area (Å²) in [5.74, 6) is 0.989. The Morgan fingerprint density at radius 3 is 2.71 bits per heavy atom. The molecule has 1 saturated heterocycles. The maximum atomic E-state index is 12.2. The molecule has 2 rings (SSSR count). The molecule has 0 spiro atoms. The molecule has 0 aromatic heterocycles. The van der Waals surface area contributed by atoms with E-state index in [1.165, 1.54) is 32.1 Å². The molecule has 1 heterocycles. The van der Waals surface area contributed by atoms with Gasteiger partial charge in [0.2, 0.25) is 5.91 Å². The van der Waals surface area contributed by atoms with Gasteiger partial charge in [-0.2, -0.15) is 0 Å². The van der Waals surface area contributed by atoms with Crippen LogP contribution in [0.15, 0.2) is 0 Å². The highest BCUT2D eigenvalue weighted by Gasteiger charge is 2.34. The minimum atomic E-state index is -0.174. The largest absolute Gasteiger partial charge is 0.355 e. The molecular weight excluding hydrogens is 212 g/mol. The molecule has 0 radical (unpaired) electrons. The lowest BCUT2D eigenvalue weighted by Crippen LogP contribution is -2.49. The minimum Gasteiger partial charge on any atom is -0.355 e. The van der Waals surface area contributed by atoms with E-state index in [0.29, 0.717) is 0 Å². The zero-order chi connectivity index (χ0) is 12.1. The van der Waals surface area contributed by atoms with Crippen LogP contribution in [0.4, 0.5) is 0 Å². The van der Waals surface area contributed by atoms with Crippen molar-refractivity contribution in [1.29, 1.82) is 0 Å². The van der Waals surface area contributed by atoms with Crippen molar-refractivity contribution in [2.45, 2.75) is 51.9 Å². The normalized spacial score (nSPS) is 31.1. The molecule has 1 saturated carbocycles. The molecule has 0 aromatic rings. The van der Waals surface area contributed by atoms with Crippen molar-refractivity contribution >= 4 is 5.91 Å². The highest BCUT2D eigenvalue weighted by Crippen LogP contribution is 2.26. The van der Waals surface area contributed by atoms with Gasteiger partial charge in [0.15, 0.2) is 0 Å². The highest BCUT2D eigenvalue weighted by atomic mass is 16.2. The smallest absolute Gasteiger partial charge is 0.227 e. The summed E-state index contributed by atoms with van der Waals surface area (Å²) in [6.07, 6.45) is 8.82. The Morgan fingerprint density at radius 1 is 1.29 bits per heavy atom. The van der Waals surface area contributed by atoms with Gasteiger partial charge in [-0.05, 0) is 45.1 Å². The van der Waals surface area contributed by atoms with Crippen molar-refractivity contribution in [2.75, 3.05) is 19.6 Å². The van der Waals surface area contributed by atoms with Crippen LogP contribution in [0, 0.1) is 11.3 Å². The summed E-state index contributed by atoms with van der Waals surface area (Å²) in [6.45, 7) is 4.89. The zero-order valence-electron chi connectivity index (χ0n) is 11.1. The van der Waals surface area contributed by atoms with Gasteiger partial charge in [-0.25, -0.2) is 0 Å². The fourth-order valence-electron chi connectivity index (χ4n) is 3.09. The van der Waals surface area contributed by atoms with E-state index in [1.807, 2.05) is 0 Å². The number of nitrogens with one attached hydrogen (secondary N) is 2. The molecule has 1 aliphatic heterocycles. The lowest BCUT2D eigenvalue weighted by atomic mass is 9.81. The predicted octanol–water partition coefficient (Wildman–Crippen LogP) is 2.07. The molecule has 1 amide bonds. The lowest BCUT2D eigenvalue weighted by Gasteiger charge is -2.33. The summed E-state index contributed by atoms with van der Waals surface area (Å²) in [5.41, 5.74) is -0.174. The van der Waals surface area contributed by atoms with Crippen molar-refractivity contribution in [3.05, 3.63) is 0 Å². The van der Waals surface area contributed by atoms with E-state index in [-0.39, 0.29) is 11.3 Å². The van der Waals surface area contributed by atoms with Crippen LogP contribution in [-0.4, -0.2) is 25.5 Å². The van der Waals surface area contributed by atoms with Gasteiger partial charge in [-0.1, -0.05) is 19.3 Å².